The summed E-state index contributed by atoms with van der Waals surface area (Å²) in [7, 11) is 0. The maximum absolute atomic E-state index is 11.3. The van der Waals surface area contributed by atoms with Crippen LogP contribution in [0.4, 0.5) is 0 Å². The molecule has 0 spiro atoms. The Bertz CT molecular complexity index is 103. The zero-order valence-electron chi connectivity index (χ0n) is 5.07. The first-order chi connectivity index (χ1) is 4.13. The Labute approximate surface area is 72.1 Å². The molecule has 0 bridgehead atoms. The molecule has 1 aliphatic carbocycles. The topological polar surface area (TPSA) is 19.9 Å². The first-order valence-corrected chi connectivity index (χ1v) is 4.87. The fourth-order valence-electron chi connectivity index (χ4n) is 1.06. The van der Waals surface area contributed by atoms with E-state index in [-0.39, 0.29) is 4.83 Å². The molecule has 0 aliphatic heterocycles. The average Bonchev–Trinajstić information content (AvgIpc) is 1.77. The summed E-state index contributed by atoms with van der Waals surface area (Å²) in [6.07, 6.45) is 4.01. The van der Waals surface area contributed by atoms with Crippen molar-refractivity contribution in [2.45, 2.75) is 35.0 Å². The van der Waals surface area contributed by atoms with Gasteiger partial charge in [0, 0.05) is 0 Å². The summed E-state index contributed by atoms with van der Waals surface area (Å²) in [5.74, 6) is 0. The van der Waals surface area contributed by atoms with E-state index in [0.29, 0.717) is 0 Å². The lowest BCUT2D eigenvalue weighted by atomic mass is 9.98. The van der Waals surface area contributed by atoms with Crippen molar-refractivity contribution < 1.29 is 5.11 Å². The smallest absolute Gasteiger partial charge is 0.170 e. The van der Waals surface area contributed by atoms with Crippen LogP contribution in [0, 0.1) is 0 Å². The molecule has 0 saturated heterocycles. The highest BCUT2D eigenvalue weighted by atomic mass is 79.9. The minimum absolute atomic E-state index is 0.124. The lowest BCUT2D eigenvalue weighted by Gasteiger charge is -2.28. The summed E-state index contributed by atoms with van der Waals surface area (Å²) in [6.45, 7) is 0. The number of hydrogen-bond donors (Lipinski definition) is 0. The maximum Gasteiger partial charge on any atom is 0.170 e. The number of rotatable bonds is 0. The molecule has 2 unspecified atom stereocenters. The standard InChI is InChI=1S/C6H9Br2O/c7-5-3-1-2-4-6(5,8)9/h5H,1-4H2. The van der Waals surface area contributed by atoms with Crippen molar-refractivity contribution >= 4 is 31.9 Å². The highest BCUT2D eigenvalue weighted by molar-refractivity contribution is 9.12. The molecule has 1 rings (SSSR count). The van der Waals surface area contributed by atoms with Gasteiger partial charge in [0.1, 0.15) is 0 Å². The Morgan fingerprint density at radius 2 is 2.11 bits per heavy atom. The van der Waals surface area contributed by atoms with Gasteiger partial charge in [-0.25, -0.2) is 5.11 Å². The Hall–Kier alpha value is 0.920. The van der Waals surface area contributed by atoms with Crippen LogP contribution in [0.25, 0.3) is 0 Å². The van der Waals surface area contributed by atoms with E-state index in [4.69, 9.17) is 0 Å². The van der Waals surface area contributed by atoms with Crippen LogP contribution >= 0.6 is 31.9 Å². The van der Waals surface area contributed by atoms with Crippen LogP contribution in [0.3, 0.4) is 0 Å². The van der Waals surface area contributed by atoms with Gasteiger partial charge in [0.2, 0.25) is 0 Å². The zero-order valence-corrected chi connectivity index (χ0v) is 8.24. The van der Waals surface area contributed by atoms with E-state index in [2.05, 4.69) is 31.9 Å². The number of halogens is 2. The van der Waals surface area contributed by atoms with Gasteiger partial charge >= 0.3 is 0 Å². The van der Waals surface area contributed by atoms with Gasteiger partial charge in [-0.3, -0.25) is 0 Å². The largest absolute Gasteiger partial charge is 0.216 e. The maximum atomic E-state index is 11.3. The van der Waals surface area contributed by atoms with Gasteiger partial charge in [-0.2, -0.15) is 0 Å². The summed E-state index contributed by atoms with van der Waals surface area (Å²) in [4.78, 5) is 0.124. The summed E-state index contributed by atoms with van der Waals surface area (Å²) in [6, 6.07) is 0. The molecule has 0 aromatic rings. The Morgan fingerprint density at radius 3 is 2.44 bits per heavy atom. The molecule has 1 saturated carbocycles. The minimum Gasteiger partial charge on any atom is -0.216 e. The third-order valence-electron chi connectivity index (χ3n) is 1.69. The third-order valence-corrected chi connectivity index (χ3v) is 4.45. The van der Waals surface area contributed by atoms with Crippen molar-refractivity contribution in [3.63, 3.8) is 0 Å². The molecule has 0 aromatic carbocycles. The SMILES string of the molecule is [O]C1(Br)CCCCC1Br. The second kappa shape index (κ2) is 2.89. The number of hydrogen-bond acceptors (Lipinski definition) is 0. The van der Waals surface area contributed by atoms with Gasteiger partial charge in [0.15, 0.2) is 4.51 Å². The van der Waals surface area contributed by atoms with Crippen LogP contribution in [0.2, 0.25) is 0 Å². The molecule has 0 aromatic heterocycles. The Balaban J connectivity index is 2.49. The molecule has 1 nitrogen and oxygen atoms in total. The van der Waals surface area contributed by atoms with Gasteiger partial charge < -0.3 is 0 Å². The van der Waals surface area contributed by atoms with Crippen molar-refractivity contribution in [2.75, 3.05) is 0 Å². The van der Waals surface area contributed by atoms with Crippen molar-refractivity contribution in [2.24, 2.45) is 0 Å². The molecule has 0 heterocycles. The zero-order chi connectivity index (χ0) is 6.91. The predicted molar refractivity (Wildman–Crippen MR) is 43.5 cm³/mol. The van der Waals surface area contributed by atoms with Crippen molar-refractivity contribution in [1.29, 1.82) is 0 Å². The van der Waals surface area contributed by atoms with Crippen molar-refractivity contribution in [3.05, 3.63) is 0 Å². The minimum atomic E-state index is -0.884. The predicted octanol–water partition coefficient (Wildman–Crippen LogP) is 2.85. The quantitative estimate of drug-likeness (QED) is 0.594. The lowest BCUT2D eigenvalue weighted by molar-refractivity contribution is 0.0377. The summed E-state index contributed by atoms with van der Waals surface area (Å²) >= 11 is 6.51. The van der Waals surface area contributed by atoms with Gasteiger partial charge in [0.05, 0.1) is 4.83 Å². The second-order valence-electron chi connectivity index (χ2n) is 2.50. The summed E-state index contributed by atoms with van der Waals surface area (Å²) in [5.41, 5.74) is 0. The van der Waals surface area contributed by atoms with E-state index in [1.165, 1.54) is 6.42 Å². The lowest BCUT2D eigenvalue weighted by Crippen LogP contribution is -2.33. The molecular weight excluding hydrogens is 248 g/mol. The van der Waals surface area contributed by atoms with E-state index in [9.17, 15) is 5.11 Å². The Kier molecular flexibility index (Phi) is 2.57. The monoisotopic (exact) mass is 255 g/mol. The van der Waals surface area contributed by atoms with Gasteiger partial charge in [-0.15, -0.1) is 0 Å². The highest BCUT2D eigenvalue weighted by Gasteiger charge is 2.36. The van der Waals surface area contributed by atoms with E-state index in [1.54, 1.807) is 0 Å². The normalized spacial score (nSPS) is 45.0. The van der Waals surface area contributed by atoms with Crippen molar-refractivity contribution in [1.82, 2.24) is 0 Å². The fourth-order valence-corrected chi connectivity index (χ4v) is 2.12. The van der Waals surface area contributed by atoms with Crippen LogP contribution in [0.5, 0.6) is 0 Å². The van der Waals surface area contributed by atoms with Crippen LogP contribution in [-0.2, 0) is 5.11 Å². The first-order valence-electron chi connectivity index (χ1n) is 3.16. The van der Waals surface area contributed by atoms with E-state index in [1.807, 2.05) is 0 Å². The van der Waals surface area contributed by atoms with Gasteiger partial charge in [0.25, 0.3) is 0 Å². The van der Waals surface area contributed by atoms with Crippen molar-refractivity contribution in [3.8, 4) is 0 Å². The average molecular weight is 257 g/mol. The van der Waals surface area contributed by atoms with Crippen LogP contribution in [-0.4, -0.2) is 9.34 Å². The molecule has 1 aliphatic rings. The Morgan fingerprint density at radius 1 is 1.44 bits per heavy atom. The second-order valence-corrected chi connectivity index (χ2v) is 4.95. The van der Waals surface area contributed by atoms with Gasteiger partial charge in [-0.05, 0) is 35.2 Å². The molecule has 0 amide bonds. The summed E-state index contributed by atoms with van der Waals surface area (Å²) in [5, 5.41) is 11.3. The molecule has 53 valence electrons. The number of alkyl halides is 2. The third kappa shape index (κ3) is 1.92. The van der Waals surface area contributed by atoms with Crippen LogP contribution < -0.4 is 0 Å². The van der Waals surface area contributed by atoms with Crippen LogP contribution in [0.15, 0.2) is 0 Å². The van der Waals surface area contributed by atoms with E-state index < -0.39 is 4.51 Å². The molecule has 2 atom stereocenters. The fraction of sp³-hybridized carbons (Fsp3) is 1.00. The first kappa shape index (κ1) is 8.02. The van der Waals surface area contributed by atoms with Crippen LogP contribution in [0.1, 0.15) is 25.7 Å². The van der Waals surface area contributed by atoms with Gasteiger partial charge in [-0.1, -0.05) is 22.4 Å². The highest BCUT2D eigenvalue weighted by Crippen LogP contribution is 2.38. The molecular formula is C6H9Br2O. The van der Waals surface area contributed by atoms with E-state index >= 15 is 0 Å². The molecule has 1 radical (unpaired) electrons. The molecule has 0 N–H and O–H groups in total. The molecule has 3 heteroatoms. The molecule has 9 heavy (non-hydrogen) atoms. The van der Waals surface area contributed by atoms with E-state index in [0.717, 1.165) is 19.3 Å². The summed E-state index contributed by atoms with van der Waals surface area (Å²) < 4.78 is -0.884. The molecule has 1 fully saturated rings.